The first-order valence-electron chi connectivity index (χ1n) is 6.32. The van der Waals surface area contributed by atoms with Crippen molar-refractivity contribution in [3.63, 3.8) is 0 Å². The van der Waals surface area contributed by atoms with E-state index in [9.17, 15) is 4.39 Å². The van der Waals surface area contributed by atoms with Gasteiger partial charge in [-0.3, -0.25) is 0 Å². The number of nitriles is 1. The number of nitrogens with two attached hydrogens (primary N) is 1. The number of ether oxygens (including phenoxy) is 1. The lowest BCUT2D eigenvalue weighted by Gasteiger charge is -2.09. The predicted molar refractivity (Wildman–Crippen MR) is 82.8 cm³/mol. The fourth-order valence-electron chi connectivity index (χ4n) is 1.61. The summed E-state index contributed by atoms with van der Waals surface area (Å²) in [6.07, 6.45) is 1.72. The maximum atomic E-state index is 12.8. The van der Waals surface area contributed by atoms with Crippen LogP contribution in [-0.4, -0.2) is 15.7 Å². The van der Waals surface area contributed by atoms with Gasteiger partial charge in [-0.2, -0.15) is 5.26 Å². The number of rotatable bonds is 6. The number of halogens is 1. The number of aromatic nitrogens is 2. The molecular weight excluding hydrogens is 303 g/mol. The van der Waals surface area contributed by atoms with Gasteiger partial charge in [0, 0.05) is 5.75 Å². The monoisotopic (exact) mass is 316 g/mol. The van der Waals surface area contributed by atoms with Crippen LogP contribution in [0, 0.1) is 17.1 Å². The molecule has 2 aromatic rings. The van der Waals surface area contributed by atoms with Crippen molar-refractivity contribution < 1.29 is 9.13 Å². The molecule has 0 atom stereocenters. The average Bonchev–Trinajstić information content (AvgIpc) is 2.52. The Hall–Kier alpha value is -2.59. The van der Waals surface area contributed by atoms with Crippen LogP contribution in [-0.2, 0) is 6.61 Å². The number of thioether (sulfide) groups is 1. The van der Waals surface area contributed by atoms with Crippen molar-refractivity contribution in [3.8, 4) is 11.8 Å². The van der Waals surface area contributed by atoms with Crippen LogP contribution < -0.4 is 10.5 Å². The molecule has 0 saturated heterocycles. The summed E-state index contributed by atoms with van der Waals surface area (Å²) in [5.41, 5.74) is 6.35. The summed E-state index contributed by atoms with van der Waals surface area (Å²) in [4.78, 5) is 8.34. The summed E-state index contributed by atoms with van der Waals surface area (Å²) in [7, 11) is 0. The minimum atomic E-state index is -0.348. The van der Waals surface area contributed by atoms with Crippen LogP contribution in [0.3, 0.4) is 0 Å². The molecule has 1 heterocycles. The summed E-state index contributed by atoms with van der Waals surface area (Å²) in [5, 5.41) is 9.61. The lowest BCUT2D eigenvalue weighted by Crippen LogP contribution is -2.08. The van der Waals surface area contributed by atoms with Gasteiger partial charge in [-0.15, -0.1) is 6.58 Å². The Morgan fingerprint density at radius 3 is 2.73 bits per heavy atom. The van der Waals surface area contributed by atoms with Crippen molar-refractivity contribution in [3.05, 3.63) is 54.0 Å². The molecule has 0 spiro atoms. The van der Waals surface area contributed by atoms with E-state index in [0.717, 1.165) is 0 Å². The highest BCUT2D eigenvalue weighted by Gasteiger charge is 2.13. The maximum Gasteiger partial charge on any atom is 0.190 e. The second-order valence-corrected chi connectivity index (χ2v) is 5.15. The van der Waals surface area contributed by atoms with E-state index in [2.05, 4.69) is 16.5 Å². The number of nitrogen functional groups attached to an aromatic ring is 1. The van der Waals surface area contributed by atoms with Crippen molar-refractivity contribution in [2.75, 3.05) is 11.5 Å². The number of benzene rings is 1. The summed E-state index contributed by atoms with van der Waals surface area (Å²) in [6, 6.07) is 7.56. The first-order valence-corrected chi connectivity index (χ1v) is 7.31. The van der Waals surface area contributed by atoms with Gasteiger partial charge in [0.05, 0.1) is 0 Å². The molecule has 0 amide bonds. The normalized spacial score (nSPS) is 10.0. The molecule has 0 bridgehead atoms. The van der Waals surface area contributed by atoms with E-state index in [4.69, 9.17) is 15.7 Å². The fraction of sp³-hybridized carbons (Fsp3) is 0.133. The molecule has 0 aliphatic rings. The molecule has 22 heavy (non-hydrogen) atoms. The molecule has 0 aliphatic heterocycles. The first kappa shape index (κ1) is 15.8. The quantitative estimate of drug-likeness (QED) is 0.501. The van der Waals surface area contributed by atoms with Gasteiger partial charge in [0.2, 0.25) is 0 Å². The zero-order valence-electron chi connectivity index (χ0n) is 11.6. The van der Waals surface area contributed by atoms with Crippen molar-refractivity contribution in [2.45, 2.75) is 11.8 Å². The van der Waals surface area contributed by atoms with E-state index < -0.39 is 0 Å². The topological polar surface area (TPSA) is 84.8 Å². The van der Waals surface area contributed by atoms with E-state index in [1.54, 1.807) is 6.08 Å². The standard InChI is InChI=1S/C15H13FN4OS/c1-2-7-22-15-19-13(12(8-17)14(18)20-15)9-21-11-5-3-10(16)4-6-11/h2-6H,1,7,9H2,(H2,18,19,20). The van der Waals surface area contributed by atoms with Crippen LogP contribution in [0.5, 0.6) is 5.75 Å². The Bertz CT molecular complexity index is 713. The zero-order valence-corrected chi connectivity index (χ0v) is 12.4. The number of nitrogens with zero attached hydrogens (tertiary/aromatic N) is 3. The summed E-state index contributed by atoms with van der Waals surface area (Å²) in [6.45, 7) is 3.67. The molecule has 2 rings (SSSR count). The largest absolute Gasteiger partial charge is 0.487 e. The molecule has 112 valence electrons. The predicted octanol–water partition coefficient (Wildman–Crippen LogP) is 2.93. The van der Waals surface area contributed by atoms with Gasteiger partial charge in [0.25, 0.3) is 0 Å². The first-order chi connectivity index (χ1) is 10.6. The third-order valence-electron chi connectivity index (χ3n) is 2.62. The third kappa shape index (κ3) is 3.96. The highest BCUT2D eigenvalue weighted by atomic mass is 32.2. The van der Waals surface area contributed by atoms with Gasteiger partial charge >= 0.3 is 0 Å². The SMILES string of the molecule is C=CCSc1nc(N)c(C#N)c(COc2ccc(F)cc2)n1. The molecule has 1 aromatic carbocycles. The maximum absolute atomic E-state index is 12.8. The Kier molecular flexibility index (Phi) is 5.33. The lowest BCUT2D eigenvalue weighted by atomic mass is 10.2. The summed E-state index contributed by atoms with van der Waals surface area (Å²) in [5.74, 6) is 0.868. The Morgan fingerprint density at radius 2 is 2.09 bits per heavy atom. The second-order valence-electron chi connectivity index (χ2n) is 4.17. The highest BCUT2D eigenvalue weighted by Crippen LogP contribution is 2.21. The van der Waals surface area contributed by atoms with E-state index in [-0.39, 0.29) is 23.8 Å². The van der Waals surface area contributed by atoms with E-state index in [1.807, 2.05) is 6.07 Å². The molecule has 0 saturated carbocycles. The smallest absolute Gasteiger partial charge is 0.190 e. The van der Waals surface area contributed by atoms with Crippen molar-refractivity contribution in [1.82, 2.24) is 9.97 Å². The Labute approximate surface area is 131 Å². The zero-order chi connectivity index (χ0) is 15.9. The summed E-state index contributed by atoms with van der Waals surface area (Å²) >= 11 is 1.36. The van der Waals surface area contributed by atoms with Gasteiger partial charge in [-0.1, -0.05) is 17.8 Å². The van der Waals surface area contributed by atoms with Gasteiger partial charge in [0.15, 0.2) is 5.16 Å². The van der Waals surface area contributed by atoms with Gasteiger partial charge in [-0.05, 0) is 24.3 Å². The molecule has 0 fully saturated rings. The number of hydrogen-bond donors (Lipinski definition) is 1. The van der Waals surface area contributed by atoms with Crippen LogP contribution in [0.4, 0.5) is 10.2 Å². The van der Waals surface area contributed by atoms with E-state index >= 15 is 0 Å². The van der Waals surface area contributed by atoms with Gasteiger partial charge in [-0.25, -0.2) is 14.4 Å². The average molecular weight is 316 g/mol. The van der Waals surface area contributed by atoms with Gasteiger partial charge < -0.3 is 10.5 Å². The third-order valence-corrected chi connectivity index (χ3v) is 3.47. The number of anilines is 1. The van der Waals surface area contributed by atoms with E-state index in [1.165, 1.54) is 36.0 Å². The minimum absolute atomic E-state index is 0.0445. The minimum Gasteiger partial charge on any atom is -0.487 e. The molecule has 5 nitrogen and oxygen atoms in total. The Morgan fingerprint density at radius 1 is 1.36 bits per heavy atom. The Balaban J connectivity index is 2.20. The van der Waals surface area contributed by atoms with Gasteiger partial charge in [0.1, 0.15) is 41.3 Å². The van der Waals surface area contributed by atoms with Crippen LogP contribution in [0.2, 0.25) is 0 Å². The van der Waals surface area contributed by atoms with Crippen LogP contribution in [0.1, 0.15) is 11.3 Å². The summed E-state index contributed by atoms with van der Waals surface area (Å²) < 4.78 is 18.4. The van der Waals surface area contributed by atoms with Crippen LogP contribution in [0.25, 0.3) is 0 Å². The molecular formula is C15H13FN4OS. The lowest BCUT2D eigenvalue weighted by molar-refractivity contribution is 0.299. The number of hydrogen-bond acceptors (Lipinski definition) is 6. The van der Waals surface area contributed by atoms with Crippen molar-refractivity contribution >= 4 is 17.6 Å². The molecule has 7 heteroatoms. The van der Waals surface area contributed by atoms with Crippen molar-refractivity contribution in [1.29, 1.82) is 5.26 Å². The van der Waals surface area contributed by atoms with E-state index in [0.29, 0.717) is 22.4 Å². The molecule has 0 radical (unpaired) electrons. The fourth-order valence-corrected chi connectivity index (χ4v) is 2.21. The molecule has 2 N–H and O–H groups in total. The second kappa shape index (κ2) is 7.43. The molecule has 0 unspecified atom stereocenters. The molecule has 0 aliphatic carbocycles. The van der Waals surface area contributed by atoms with Crippen molar-refractivity contribution in [2.24, 2.45) is 0 Å². The highest BCUT2D eigenvalue weighted by molar-refractivity contribution is 7.99. The molecule has 1 aromatic heterocycles. The van der Waals surface area contributed by atoms with Crippen LogP contribution in [0.15, 0.2) is 42.1 Å². The van der Waals surface area contributed by atoms with Crippen LogP contribution >= 0.6 is 11.8 Å².